The molecular weight excluding hydrogens is 1750 g/mol. The second-order valence-corrected chi connectivity index (χ2v) is 36.6. The minimum Gasteiger partial charge on any atom is -0.508 e. The molecule has 3 fully saturated rings. The first-order valence-electron chi connectivity index (χ1n) is 44.5. The van der Waals surface area contributed by atoms with Crippen LogP contribution in [0.4, 0.5) is 0 Å². The number of H-pyrrole nitrogens is 1. The summed E-state index contributed by atoms with van der Waals surface area (Å²) in [5.41, 5.74) is 9.24. The number of rotatable bonds is 23. The van der Waals surface area contributed by atoms with Crippen LogP contribution in [0.5, 0.6) is 11.5 Å². The summed E-state index contributed by atoms with van der Waals surface area (Å²) in [6.45, 7) is 7.81. The summed E-state index contributed by atoms with van der Waals surface area (Å²) >= 11 is 2.01. The first-order valence-corrected chi connectivity index (χ1v) is 46.9. The summed E-state index contributed by atoms with van der Waals surface area (Å²) in [6.07, 6.45) is 0.523. The van der Waals surface area contributed by atoms with Gasteiger partial charge in [0.05, 0.1) is 24.6 Å². The smallest absolute Gasteiger partial charge is 0.305 e. The van der Waals surface area contributed by atoms with Gasteiger partial charge in [-0.2, -0.15) is 0 Å². The number of carbonyl (C=O) groups is 16. The Morgan fingerprint density at radius 3 is 1.54 bits per heavy atom. The Morgan fingerprint density at radius 2 is 0.962 bits per heavy atom. The molecule has 0 unspecified atom stereocenters. The standard InChI is InChI=1S/C96H120N16O19S2/c1-9-10-31-76-95(130)112-55-133-53-79(112)91(126)104-71(49-82(117)118)88(123)107-83(57(4)5)96(131)109(7)77(46-59-25-16-12-17-26-59)90(125)105-73(45-62-35-39-65(114)40-36-62)93(128)111-41-22-32-75(111)89(124)103-70(48-63-50-98-67-30-21-20-29-66(63)67)87(122)102-69(43-61-33-37-64(113)38-34-61)86(121)101-68(42-56(2)3)85(120)106-74(84(119)99-51-80(97)115)52-132-54-81(116)100-72(44-58-23-14-11-15-24-58)92(127)110(8)78(94(129)108(76)6)47-60-27-18-13-19-28-60/h11-21,23-30,33-40,50,56-57,68-79,83,98,113-114H,9-10,22,31-32,41-49,51-55H2,1-8H3,(H2,97,115)(H,99,119)(H,100,116)(H,101,121)(H,102,122)(H,103,124)(H,104,126)(H,105,125)(H,106,120)(H,107,123)(H,117,118)/t68-,69-,70-,71-,72-,73-,74-,75+,76-,77-,78-,79+,83-/m0/s1. The average molecular weight is 1870 g/mol. The van der Waals surface area contributed by atoms with E-state index in [1.807, 2.05) is 6.92 Å². The Bertz CT molecular complexity index is 5270. The maximum Gasteiger partial charge on any atom is 0.305 e. The minimum atomic E-state index is -1.90. The summed E-state index contributed by atoms with van der Waals surface area (Å²) in [5.74, 6) is -17.0. The molecule has 3 aliphatic rings. The molecule has 15 N–H and O–H groups in total. The molecule has 15 amide bonds. The number of primary amides is 1. The van der Waals surface area contributed by atoms with E-state index in [2.05, 4.69) is 52.8 Å². The van der Waals surface area contributed by atoms with E-state index < -0.39 is 198 Å². The molecule has 37 heteroatoms. The van der Waals surface area contributed by atoms with Gasteiger partial charge in [-0.1, -0.05) is 181 Å². The fourth-order valence-electron chi connectivity index (χ4n) is 16.5. The van der Waals surface area contributed by atoms with Gasteiger partial charge in [0.1, 0.15) is 90.0 Å². The fraction of sp³-hybridized carbons (Fsp3) is 0.438. The number of thioether (sulfide) groups is 2. The number of benzene rings is 6. The van der Waals surface area contributed by atoms with E-state index in [9.17, 15) is 44.1 Å². The molecule has 0 bridgehead atoms. The number of para-hydroxylation sites is 1. The first-order chi connectivity index (χ1) is 63.5. The molecule has 4 heterocycles. The summed E-state index contributed by atoms with van der Waals surface area (Å²) in [5, 5.41) is 56.5. The van der Waals surface area contributed by atoms with Crippen LogP contribution < -0.4 is 53.6 Å². The molecule has 0 radical (unpaired) electrons. The van der Waals surface area contributed by atoms with Gasteiger partial charge in [0, 0.05) is 94.8 Å². The number of aromatic amines is 1. The van der Waals surface area contributed by atoms with Crippen LogP contribution in [-0.4, -0.2) is 275 Å². The minimum absolute atomic E-state index is 0.0313. The van der Waals surface area contributed by atoms with Crippen molar-refractivity contribution in [2.75, 3.05) is 57.4 Å². The van der Waals surface area contributed by atoms with Crippen LogP contribution in [0.15, 0.2) is 170 Å². The summed E-state index contributed by atoms with van der Waals surface area (Å²) in [6, 6.07) is 25.1. The number of carboxylic acids is 1. The molecule has 0 aliphatic carbocycles. The highest BCUT2D eigenvalue weighted by atomic mass is 32.2. The van der Waals surface area contributed by atoms with E-state index in [1.54, 1.807) is 149 Å². The van der Waals surface area contributed by atoms with E-state index in [-0.39, 0.29) is 106 Å². The molecule has 10 rings (SSSR count). The van der Waals surface area contributed by atoms with Gasteiger partial charge in [0.15, 0.2) is 0 Å². The maximum absolute atomic E-state index is 15.8. The van der Waals surface area contributed by atoms with Crippen LogP contribution in [0.3, 0.4) is 0 Å². The van der Waals surface area contributed by atoms with Gasteiger partial charge in [0.25, 0.3) is 0 Å². The number of carboxylic acid groups (broad SMARTS) is 1. The lowest BCUT2D eigenvalue weighted by atomic mass is 9.98. The highest BCUT2D eigenvalue weighted by Gasteiger charge is 2.47. The molecule has 133 heavy (non-hydrogen) atoms. The molecule has 6 aromatic carbocycles. The molecule has 3 saturated heterocycles. The lowest BCUT2D eigenvalue weighted by Crippen LogP contribution is -2.62. The molecule has 710 valence electrons. The monoisotopic (exact) mass is 1860 g/mol. The topological polar surface area (TPSA) is 500 Å². The van der Waals surface area contributed by atoms with E-state index in [1.165, 1.54) is 101 Å². The highest BCUT2D eigenvalue weighted by molar-refractivity contribution is 8.00. The number of fused-ring (bicyclic) bond motifs is 3. The molecule has 0 saturated carbocycles. The zero-order valence-electron chi connectivity index (χ0n) is 75.8. The van der Waals surface area contributed by atoms with Crippen LogP contribution in [0.1, 0.15) is 113 Å². The molecular formula is C96H120N16O19S2. The average Bonchev–Trinajstić information content (AvgIpc) is 1.53. The largest absolute Gasteiger partial charge is 0.508 e. The second-order valence-electron chi connectivity index (χ2n) is 34.6. The first kappa shape index (κ1) is 102. The fourth-order valence-corrected chi connectivity index (χ4v) is 18.5. The van der Waals surface area contributed by atoms with E-state index in [4.69, 9.17) is 5.73 Å². The predicted molar refractivity (Wildman–Crippen MR) is 499 cm³/mol. The Morgan fingerprint density at radius 1 is 0.474 bits per heavy atom. The van der Waals surface area contributed by atoms with Gasteiger partial charge in [-0.05, 0) is 101 Å². The number of nitrogens with zero attached hydrogens (tertiary/aromatic N) is 5. The molecule has 7 aromatic rings. The Balaban J connectivity index is 1.05. The second kappa shape index (κ2) is 48.7. The van der Waals surface area contributed by atoms with Crippen molar-refractivity contribution in [1.29, 1.82) is 0 Å². The molecule has 0 spiro atoms. The summed E-state index contributed by atoms with van der Waals surface area (Å²) < 4.78 is 0. The number of nitrogens with two attached hydrogens (primary N) is 1. The van der Waals surface area contributed by atoms with E-state index in [0.717, 1.165) is 16.7 Å². The van der Waals surface area contributed by atoms with Crippen LogP contribution in [0.2, 0.25) is 0 Å². The number of unbranched alkanes of at least 4 members (excludes halogenated alkanes) is 1. The van der Waals surface area contributed by atoms with Crippen LogP contribution in [0, 0.1) is 11.8 Å². The number of nitrogens with one attached hydrogen (secondary N) is 10. The molecule has 3 aliphatic heterocycles. The zero-order valence-corrected chi connectivity index (χ0v) is 77.4. The summed E-state index contributed by atoms with van der Waals surface area (Å²) in [7, 11) is 4.10. The SMILES string of the molecule is CCCC[C@H]1C(=O)N2CSC[C@@H]2C(=O)N[C@@H](CC(=O)O)C(=O)N[C@@H](C(C)C)C(=O)N(C)[C@@H](Cc2ccccc2)C(=O)N[C@@H](Cc2ccc(O)cc2)C(=O)N2CCC[C@@H]2C(=O)N[C@@H](Cc2c[nH]c3ccccc23)C(=O)N[C@@H](Cc2ccc(O)cc2)C(=O)N[C@@H](CC(C)C)C(=O)N[C@H](C(=O)NCC(N)=O)CSCC(=O)N[C@@H](Cc2ccccc2)C(=O)N(C)[C@@H](Cc2ccccc2)C(=O)N1C. The van der Waals surface area contributed by atoms with Crippen molar-refractivity contribution in [3.8, 4) is 11.5 Å². The van der Waals surface area contributed by atoms with Gasteiger partial charge in [-0.25, -0.2) is 0 Å². The Labute approximate surface area is 780 Å². The predicted octanol–water partition coefficient (Wildman–Crippen LogP) is 3.30. The van der Waals surface area contributed by atoms with Crippen LogP contribution in [0.25, 0.3) is 10.9 Å². The van der Waals surface area contributed by atoms with Crippen molar-refractivity contribution in [2.24, 2.45) is 17.6 Å². The quantitative estimate of drug-likeness (QED) is 0.0437. The molecule has 13 atom stereocenters. The van der Waals surface area contributed by atoms with Crippen molar-refractivity contribution in [2.45, 2.75) is 197 Å². The van der Waals surface area contributed by atoms with E-state index >= 15 is 47.9 Å². The number of aliphatic carboxylic acids is 1. The van der Waals surface area contributed by atoms with Gasteiger partial charge in [-0.15, -0.1) is 23.5 Å². The number of hydrogen-bond acceptors (Lipinski definition) is 20. The summed E-state index contributed by atoms with van der Waals surface area (Å²) in [4.78, 5) is 248. The van der Waals surface area contributed by atoms with Crippen molar-refractivity contribution >= 4 is 129 Å². The van der Waals surface area contributed by atoms with Gasteiger partial charge in [-0.3, -0.25) is 76.7 Å². The number of likely N-dealkylation sites (N-methyl/N-ethyl adjacent to an activating group) is 3. The van der Waals surface area contributed by atoms with Crippen molar-refractivity contribution in [3.05, 3.63) is 203 Å². The normalized spacial score (nSPS) is 23.5. The van der Waals surface area contributed by atoms with E-state index in [0.29, 0.717) is 57.1 Å². The number of hydrogen-bond donors (Lipinski definition) is 14. The van der Waals surface area contributed by atoms with Gasteiger partial charge < -0.3 is 98.4 Å². The maximum atomic E-state index is 15.8. The number of carbonyl (C=O) groups excluding carboxylic acids is 15. The third-order valence-electron chi connectivity index (χ3n) is 23.8. The Kier molecular flexibility index (Phi) is 37.3. The van der Waals surface area contributed by atoms with Crippen molar-refractivity contribution in [1.82, 2.24) is 77.3 Å². The van der Waals surface area contributed by atoms with Crippen LogP contribution >= 0.6 is 23.5 Å². The lowest BCUT2D eigenvalue weighted by Gasteiger charge is -2.37. The van der Waals surface area contributed by atoms with Gasteiger partial charge >= 0.3 is 5.97 Å². The third-order valence-corrected chi connectivity index (χ3v) is 25.9. The highest BCUT2D eigenvalue weighted by Crippen LogP contribution is 2.29. The number of phenolic OH excluding ortho intramolecular Hbond substituents is 2. The Hall–Kier alpha value is -13.3. The number of amides is 15. The number of aromatic hydroxyl groups is 2. The third kappa shape index (κ3) is 28.6. The van der Waals surface area contributed by atoms with Gasteiger partial charge in [0.2, 0.25) is 88.6 Å². The molecule has 1 aromatic heterocycles. The van der Waals surface area contributed by atoms with Crippen molar-refractivity contribution < 1.29 is 92.0 Å². The van der Waals surface area contributed by atoms with Crippen LogP contribution in [-0.2, 0) is 115 Å². The van der Waals surface area contributed by atoms with Crippen molar-refractivity contribution in [3.63, 3.8) is 0 Å². The number of aromatic nitrogens is 1. The zero-order chi connectivity index (χ0) is 96.3. The lowest BCUT2D eigenvalue weighted by molar-refractivity contribution is -0.152. The molecule has 35 nitrogen and oxygen atoms in total. The number of phenols is 2.